The molecule has 2 rings (SSSR count). The van der Waals surface area contributed by atoms with Gasteiger partial charge in [-0.1, -0.05) is 5.16 Å². The van der Waals surface area contributed by atoms with E-state index in [1.165, 1.54) is 12.5 Å². The topological polar surface area (TPSA) is 90.1 Å². The first-order valence-corrected chi connectivity index (χ1v) is 5.84. The number of anilines is 1. The lowest BCUT2D eigenvalue weighted by Gasteiger charge is -2.07. The van der Waals surface area contributed by atoms with Crippen molar-refractivity contribution in [1.29, 1.82) is 0 Å². The molecule has 2 aromatic heterocycles. The molecule has 0 aromatic carbocycles. The van der Waals surface area contributed by atoms with Crippen molar-refractivity contribution < 1.29 is 14.1 Å². The Morgan fingerprint density at radius 1 is 1.53 bits per heavy atom. The second-order valence-corrected chi connectivity index (χ2v) is 3.76. The highest BCUT2D eigenvalue weighted by molar-refractivity contribution is 5.90. The number of aromatic nitrogens is 3. The predicted octanol–water partition coefficient (Wildman–Crippen LogP) is 1.56. The van der Waals surface area contributed by atoms with Gasteiger partial charge in [0.15, 0.2) is 0 Å². The summed E-state index contributed by atoms with van der Waals surface area (Å²) in [5, 5.41) is 6.75. The van der Waals surface area contributed by atoms with Crippen LogP contribution in [0.3, 0.4) is 0 Å². The Hall–Kier alpha value is -2.44. The van der Waals surface area contributed by atoms with Crippen molar-refractivity contribution in [3.8, 4) is 0 Å². The number of carbonyl (C=O) groups excluding carboxylic acids is 1. The minimum atomic E-state index is -0.414. The summed E-state index contributed by atoms with van der Waals surface area (Å²) in [5.41, 5.74) is 1.68. The lowest BCUT2D eigenvalue weighted by Crippen LogP contribution is -2.11. The molecule has 0 radical (unpaired) electrons. The molecule has 2 aromatic rings. The van der Waals surface area contributed by atoms with Crippen LogP contribution in [0.5, 0.6) is 0 Å². The summed E-state index contributed by atoms with van der Waals surface area (Å²) in [6, 6.07) is 1.74. The average molecular weight is 262 g/mol. The Morgan fingerprint density at radius 3 is 3.00 bits per heavy atom. The number of esters is 1. The highest BCUT2D eigenvalue weighted by Crippen LogP contribution is 2.09. The van der Waals surface area contributed by atoms with Crippen molar-refractivity contribution in [2.45, 2.75) is 20.4 Å². The quantitative estimate of drug-likeness (QED) is 0.817. The molecule has 0 spiro atoms. The summed E-state index contributed by atoms with van der Waals surface area (Å²) in [5.74, 6) is 0.0107. The molecule has 0 fully saturated rings. The molecule has 19 heavy (non-hydrogen) atoms. The molecule has 0 unspecified atom stereocenters. The number of hydrogen-bond donors (Lipinski definition) is 1. The maximum Gasteiger partial charge on any atom is 0.341 e. The smallest absolute Gasteiger partial charge is 0.341 e. The molecular weight excluding hydrogens is 248 g/mol. The van der Waals surface area contributed by atoms with Gasteiger partial charge in [0, 0.05) is 12.3 Å². The summed E-state index contributed by atoms with van der Waals surface area (Å²) < 4.78 is 9.62. The first kappa shape index (κ1) is 13.0. The minimum absolute atomic E-state index is 0.324. The third-order valence-electron chi connectivity index (χ3n) is 2.39. The van der Waals surface area contributed by atoms with E-state index in [0.717, 1.165) is 5.69 Å². The van der Waals surface area contributed by atoms with Gasteiger partial charge in [0.25, 0.3) is 0 Å². The molecule has 0 aliphatic rings. The summed E-state index contributed by atoms with van der Waals surface area (Å²) in [4.78, 5) is 19.8. The zero-order chi connectivity index (χ0) is 13.7. The van der Waals surface area contributed by atoms with Gasteiger partial charge in [-0.25, -0.2) is 14.8 Å². The summed E-state index contributed by atoms with van der Waals surface area (Å²) in [6.45, 7) is 4.26. The second-order valence-electron chi connectivity index (χ2n) is 3.76. The Bertz CT molecular complexity index is 554. The minimum Gasteiger partial charge on any atom is -0.462 e. The summed E-state index contributed by atoms with van der Waals surface area (Å²) in [6.07, 6.45) is 2.94. The van der Waals surface area contributed by atoms with Crippen molar-refractivity contribution >= 4 is 11.9 Å². The van der Waals surface area contributed by atoms with Crippen LogP contribution in [0.15, 0.2) is 23.0 Å². The monoisotopic (exact) mass is 262 g/mol. The maximum absolute atomic E-state index is 11.6. The van der Waals surface area contributed by atoms with Gasteiger partial charge in [-0.3, -0.25) is 0 Å². The van der Waals surface area contributed by atoms with Gasteiger partial charge in [0.05, 0.1) is 24.4 Å². The molecule has 0 aliphatic heterocycles. The van der Waals surface area contributed by atoms with Crippen LogP contribution in [0.1, 0.15) is 28.7 Å². The van der Waals surface area contributed by atoms with Gasteiger partial charge in [-0.15, -0.1) is 0 Å². The van der Waals surface area contributed by atoms with Crippen LogP contribution in [0.2, 0.25) is 0 Å². The number of hydrogen-bond acceptors (Lipinski definition) is 7. The number of aryl methyl sites for hydroxylation is 1. The zero-order valence-corrected chi connectivity index (χ0v) is 10.7. The molecule has 7 heteroatoms. The third-order valence-corrected chi connectivity index (χ3v) is 2.39. The van der Waals surface area contributed by atoms with E-state index < -0.39 is 5.97 Å². The molecule has 0 saturated heterocycles. The molecule has 0 atom stereocenters. The number of rotatable bonds is 5. The number of nitrogens with one attached hydrogen (secondary N) is 1. The standard InChI is InChI=1S/C12H14N4O3/c1-3-18-11(17)10-7-14-12(15-8(10)2)13-6-9-4-5-19-16-9/h4-5,7H,3,6H2,1-2H3,(H,13,14,15). The Balaban J connectivity index is 2.04. The Kier molecular flexibility index (Phi) is 4.07. The van der Waals surface area contributed by atoms with Gasteiger partial charge in [0.1, 0.15) is 12.0 Å². The number of carbonyl (C=O) groups is 1. The Labute approximate surface area is 110 Å². The fraction of sp³-hybridized carbons (Fsp3) is 0.333. The van der Waals surface area contributed by atoms with Crippen molar-refractivity contribution in [3.05, 3.63) is 35.5 Å². The van der Waals surface area contributed by atoms with E-state index >= 15 is 0 Å². The van der Waals surface area contributed by atoms with E-state index in [0.29, 0.717) is 30.4 Å². The van der Waals surface area contributed by atoms with Crippen LogP contribution < -0.4 is 5.32 Å². The molecule has 0 saturated carbocycles. The van der Waals surface area contributed by atoms with Crippen LogP contribution in [-0.4, -0.2) is 27.7 Å². The van der Waals surface area contributed by atoms with Crippen molar-refractivity contribution in [1.82, 2.24) is 15.1 Å². The van der Waals surface area contributed by atoms with Crippen LogP contribution in [-0.2, 0) is 11.3 Å². The van der Waals surface area contributed by atoms with Gasteiger partial charge in [-0.2, -0.15) is 0 Å². The van der Waals surface area contributed by atoms with E-state index in [1.54, 1.807) is 19.9 Å². The van der Waals surface area contributed by atoms with E-state index in [4.69, 9.17) is 9.26 Å². The average Bonchev–Trinajstić information content (AvgIpc) is 2.89. The fourth-order valence-electron chi connectivity index (χ4n) is 1.46. The van der Waals surface area contributed by atoms with E-state index in [-0.39, 0.29) is 0 Å². The zero-order valence-electron chi connectivity index (χ0n) is 10.7. The van der Waals surface area contributed by atoms with Crippen LogP contribution in [0.4, 0.5) is 5.95 Å². The van der Waals surface area contributed by atoms with Crippen LogP contribution >= 0.6 is 0 Å². The molecule has 0 amide bonds. The van der Waals surface area contributed by atoms with Crippen molar-refractivity contribution in [2.24, 2.45) is 0 Å². The highest BCUT2D eigenvalue weighted by atomic mass is 16.5. The first-order chi connectivity index (χ1) is 9.20. The number of ether oxygens (including phenoxy) is 1. The van der Waals surface area contributed by atoms with Gasteiger partial charge >= 0.3 is 5.97 Å². The SMILES string of the molecule is CCOC(=O)c1cnc(NCc2ccon2)nc1C. The lowest BCUT2D eigenvalue weighted by atomic mass is 10.2. The molecule has 100 valence electrons. The van der Waals surface area contributed by atoms with E-state index in [9.17, 15) is 4.79 Å². The van der Waals surface area contributed by atoms with Gasteiger partial charge in [-0.05, 0) is 13.8 Å². The van der Waals surface area contributed by atoms with Gasteiger partial charge < -0.3 is 14.6 Å². The van der Waals surface area contributed by atoms with Crippen molar-refractivity contribution in [2.75, 3.05) is 11.9 Å². The normalized spacial score (nSPS) is 10.2. The predicted molar refractivity (Wildman–Crippen MR) is 66.6 cm³/mol. The Morgan fingerprint density at radius 2 is 2.37 bits per heavy atom. The molecular formula is C12H14N4O3. The van der Waals surface area contributed by atoms with E-state index in [1.807, 2.05) is 0 Å². The van der Waals surface area contributed by atoms with Gasteiger partial charge in [0.2, 0.25) is 5.95 Å². The lowest BCUT2D eigenvalue weighted by molar-refractivity contribution is 0.0524. The molecule has 0 aliphatic carbocycles. The molecule has 1 N–H and O–H groups in total. The summed E-state index contributed by atoms with van der Waals surface area (Å²) in [7, 11) is 0. The fourth-order valence-corrected chi connectivity index (χ4v) is 1.46. The van der Waals surface area contributed by atoms with Crippen molar-refractivity contribution in [3.63, 3.8) is 0 Å². The second kappa shape index (κ2) is 5.94. The molecule has 2 heterocycles. The van der Waals surface area contributed by atoms with Crippen LogP contribution in [0, 0.1) is 6.92 Å². The molecule has 0 bridgehead atoms. The largest absolute Gasteiger partial charge is 0.462 e. The summed E-state index contributed by atoms with van der Waals surface area (Å²) >= 11 is 0. The van der Waals surface area contributed by atoms with Crippen LogP contribution in [0.25, 0.3) is 0 Å². The highest BCUT2D eigenvalue weighted by Gasteiger charge is 2.12. The van der Waals surface area contributed by atoms with E-state index in [2.05, 4.69) is 20.4 Å². The third kappa shape index (κ3) is 3.27. The first-order valence-electron chi connectivity index (χ1n) is 5.84. The maximum atomic E-state index is 11.6. The number of nitrogens with zero attached hydrogens (tertiary/aromatic N) is 3. The molecule has 7 nitrogen and oxygen atoms in total.